The van der Waals surface area contributed by atoms with Gasteiger partial charge in [-0.25, -0.2) is 12.7 Å². The second-order valence-corrected chi connectivity index (χ2v) is 9.47. The molecule has 0 atom stereocenters. The fourth-order valence-corrected chi connectivity index (χ4v) is 4.47. The van der Waals surface area contributed by atoms with Gasteiger partial charge in [-0.3, -0.25) is 4.79 Å². The average molecular weight is 437 g/mol. The first kappa shape index (κ1) is 21.5. The molecule has 0 saturated carbocycles. The summed E-state index contributed by atoms with van der Waals surface area (Å²) in [4.78, 5) is 13.0. The number of amides is 1. The van der Waals surface area contributed by atoms with Gasteiger partial charge >= 0.3 is 0 Å². The number of sulfonamides is 1. The van der Waals surface area contributed by atoms with Gasteiger partial charge in [0.25, 0.3) is 0 Å². The summed E-state index contributed by atoms with van der Waals surface area (Å²) in [6.45, 7) is 7.20. The van der Waals surface area contributed by atoms with Gasteiger partial charge in [-0.05, 0) is 43.5 Å². The topological polar surface area (TPSA) is 66.5 Å². The van der Waals surface area contributed by atoms with E-state index in [1.807, 2.05) is 13.8 Å². The molecule has 1 rings (SSSR count). The van der Waals surface area contributed by atoms with Crippen LogP contribution in [0.1, 0.15) is 24.5 Å². The highest BCUT2D eigenvalue weighted by atomic mass is 79.9. The highest BCUT2D eigenvalue weighted by molar-refractivity contribution is 9.10. The number of hydrogen-bond acceptors (Lipinski definition) is 4. The molecular weight excluding hydrogens is 412 g/mol. The normalized spacial score (nSPS) is 11.8. The summed E-state index contributed by atoms with van der Waals surface area (Å²) >= 11 is 5.01. The van der Waals surface area contributed by atoms with Crippen molar-refractivity contribution in [3.8, 4) is 0 Å². The number of nitrogens with one attached hydrogen (secondary N) is 1. The fourth-order valence-electron chi connectivity index (χ4n) is 2.15. The Labute approximate surface area is 157 Å². The number of carbonyl (C=O) groups is 1. The number of thioether (sulfide) groups is 1. The molecule has 0 fully saturated rings. The summed E-state index contributed by atoms with van der Waals surface area (Å²) < 4.78 is 25.4. The lowest BCUT2D eigenvalue weighted by Gasteiger charge is -2.17. The molecule has 8 heteroatoms. The zero-order valence-corrected chi connectivity index (χ0v) is 17.8. The summed E-state index contributed by atoms with van der Waals surface area (Å²) in [5.74, 6) is 0.313. The van der Waals surface area contributed by atoms with Crippen LogP contribution < -0.4 is 5.32 Å². The maximum absolute atomic E-state index is 11.9. The first-order valence-electron chi connectivity index (χ1n) is 7.76. The molecule has 1 aromatic carbocycles. The Morgan fingerprint density at radius 1 is 1.29 bits per heavy atom. The van der Waals surface area contributed by atoms with Crippen molar-refractivity contribution in [2.45, 2.75) is 32.1 Å². The van der Waals surface area contributed by atoms with Gasteiger partial charge < -0.3 is 5.32 Å². The van der Waals surface area contributed by atoms with E-state index in [1.54, 1.807) is 6.92 Å². The Morgan fingerprint density at radius 3 is 2.54 bits per heavy atom. The van der Waals surface area contributed by atoms with E-state index in [1.165, 1.54) is 22.3 Å². The van der Waals surface area contributed by atoms with Crippen molar-refractivity contribution >= 4 is 43.6 Å². The number of benzene rings is 1. The first-order valence-corrected chi connectivity index (χ1v) is 11.4. The molecule has 0 radical (unpaired) electrons. The third-order valence-electron chi connectivity index (χ3n) is 3.54. The van der Waals surface area contributed by atoms with Gasteiger partial charge in [0.05, 0.1) is 12.0 Å². The maximum atomic E-state index is 11.9. The summed E-state index contributed by atoms with van der Waals surface area (Å²) in [6.07, 6.45) is 1.81. The van der Waals surface area contributed by atoms with Gasteiger partial charge in [-0.1, -0.05) is 22.9 Å². The van der Waals surface area contributed by atoms with E-state index in [4.69, 9.17) is 0 Å². The van der Waals surface area contributed by atoms with E-state index in [2.05, 4.69) is 33.4 Å². The predicted molar refractivity (Wildman–Crippen MR) is 104 cm³/mol. The van der Waals surface area contributed by atoms with Crippen molar-refractivity contribution in [2.24, 2.45) is 0 Å². The Hall–Kier alpha value is -0.570. The lowest BCUT2D eigenvalue weighted by molar-refractivity contribution is -0.118. The van der Waals surface area contributed by atoms with Crippen LogP contribution in [0.3, 0.4) is 0 Å². The molecule has 1 aromatic rings. The van der Waals surface area contributed by atoms with Crippen LogP contribution in [0.4, 0.5) is 0 Å². The van der Waals surface area contributed by atoms with Crippen molar-refractivity contribution in [3.63, 3.8) is 0 Å². The Balaban J connectivity index is 2.36. The third-order valence-corrected chi connectivity index (χ3v) is 6.93. The molecule has 0 spiro atoms. The van der Waals surface area contributed by atoms with Gasteiger partial charge in [0.15, 0.2) is 0 Å². The van der Waals surface area contributed by atoms with Gasteiger partial charge in [-0.2, -0.15) is 0 Å². The minimum absolute atomic E-state index is 0.0395. The molecular formula is C16H25BrN2O3S2. The highest BCUT2D eigenvalue weighted by Gasteiger charge is 2.13. The van der Waals surface area contributed by atoms with Crippen molar-refractivity contribution in [2.75, 3.05) is 31.6 Å². The van der Waals surface area contributed by atoms with Crippen LogP contribution in [0.2, 0.25) is 0 Å². The highest BCUT2D eigenvalue weighted by Crippen LogP contribution is 2.28. The number of rotatable bonds is 9. The summed E-state index contributed by atoms with van der Waals surface area (Å²) in [5.41, 5.74) is 2.28. The fraction of sp³-hybridized carbons (Fsp3) is 0.562. The maximum Gasteiger partial charge on any atom is 0.230 e. The molecule has 5 nitrogen and oxygen atoms in total. The molecule has 0 aromatic heterocycles. The van der Waals surface area contributed by atoms with Crippen molar-refractivity contribution in [1.82, 2.24) is 9.62 Å². The number of hydrogen-bond donors (Lipinski definition) is 1. The smallest absolute Gasteiger partial charge is 0.230 e. The van der Waals surface area contributed by atoms with Crippen LogP contribution in [0, 0.1) is 13.8 Å². The van der Waals surface area contributed by atoms with E-state index >= 15 is 0 Å². The van der Waals surface area contributed by atoms with E-state index < -0.39 is 10.0 Å². The standard InChI is InChI=1S/C16H25BrN2O3S2/c1-5-19(24(4,21)22)8-6-7-18-16(20)11-23-15-10-12(2)14(17)9-13(15)3/h9-10H,5-8,11H2,1-4H3,(H,18,20). The van der Waals surface area contributed by atoms with Crippen LogP contribution >= 0.6 is 27.7 Å². The predicted octanol–water partition coefficient (Wildman–Crippen LogP) is 2.95. The molecule has 136 valence electrons. The molecule has 0 heterocycles. The van der Waals surface area contributed by atoms with Gasteiger partial charge in [0.1, 0.15) is 0 Å². The van der Waals surface area contributed by atoms with Crippen molar-refractivity contribution < 1.29 is 13.2 Å². The lowest BCUT2D eigenvalue weighted by atomic mass is 10.2. The summed E-state index contributed by atoms with van der Waals surface area (Å²) in [5, 5.41) is 2.84. The minimum Gasteiger partial charge on any atom is -0.355 e. The van der Waals surface area contributed by atoms with Crippen LogP contribution in [-0.2, 0) is 14.8 Å². The molecule has 0 aliphatic rings. The van der Waals surface area contributed by atoms with Crippen LogP contribution in [0.25, 0.3) is 0 Å². The van der Waals surface area contributed by atoms with Crippen molar-refractivity contribution in [3.05, 3.63) is 27.7 Å². The molecule has 1 amide bonds. The van der Waals surface area contributed by atoms with Crippen LogP contribution in [0.15, 0.2) is 21.5 Å². The summed E-state index contributed by atoms with van der Waals surface area (Å²) in [6, 6.07) is 4.13. The van der Waals surface area contributed by atoms with Crippen LogP contribution in [0.5, 0.6) is 0 Å². The molecule has 24 heavy (non-hydrogen) atoms. The molecule has 0 aliphatic carbocycles. The summed E-state index contributed by atoms with van der Waals surface area (Å²) in [7, 11) is -3.16. The van der Waals surface area contributed by atoms with E-state index in [9.17, 15) is 13.2 Å². The third kappa shape index (κ3) is 7.13. The average Bonchev–Trinajstić information content (AvgIpc) is 2.48. The van der Waals surface area contributed by atoms with Crippen LogP contribution in [-0.4, -0.2) is 50.3 Å². The quantitative estimate of drug-likeness (QED) is 0.477. The lowest BCUT2D eigenvalue weighted by Crippen LogP contribution is -2.33. The van der Waals surface area contributed by atoms with E-state index in [-0.39, 0.29) is 5.91 Å². The number of nitrogens with zero attached hydrogens (tertiary/aromatic N) is 1. The Morgan fingerprint density at radius 2 is 1.96 bits per heavy atom. The largest absolute Gasteiger partial charge is 0.355 e. The van der Waals surface area contributed by atoms with Gasteiger partial charge in [-0.15, -0.1) is 11.8 Å². The SMILES string of the molecule is CCN(CCCNC(=O)CSc1cc(C)c(Br)cc1C)S(C)(=O)=O. The van der Waals surface area contributed by atoms with E-state index in [0.29, 0.717) is 31.8 Å². The minimum atomic E-state index is -3.16. The molecule has 0 aliphatic heterocycles. The number of halogens is 1. The van der Waals surface area contributed by atoms with E-state index in [0.717, 1.165) is 20.5 Å². The first-order chi connectivity index (χ1) is 11.1. The molecule has 0 saturated heterocycles. The number of carbonyl (C=O) groups excluding carboxylic acids is 1. The Kier molecular flexibility index (Phi) is 8.76. The zero-order chi connectivity index (χ0) is 18.3. The Bertz CT molecular complexity index is 678. The van der Waals surface area contributed by atoms with Gasteiger partial charge in [0, 0.05) is 29.0 Å². The number of aryl methyl sites for hydroxylation is 2. The molecule has 1 N–H and O–H groups in total. The molecule has 0 unspecified atom stereocenters. The van der Waals surface area contributed by atoms with Crippen molar-refractivity contribution in [1.29, 1.82) is 0 Å². The second kappa shape index (κ2) is 9.79. The second-order valence-electron chi connectivity index (χ2n) is 5.61. The zero-order valence-electron chi connectivity index (χ0n) is 14.6. The molecule has 0 bridgehead atoms. The van der Waals surface area contributed by atoms with Gasteiger partial charge in [0.2, 0.25) is 15.9 Å². The monoisotopic (exact) mass is 436 g/mol.